The van der Waals surface area contributed by atoms with Crippen LogP contribution in [0.15, 0.2) is 24.3 Å². The van der Waals surface area contributed by atoms with Crippen LogP contribution in [0.4, 0.5) is 9.59 Å². The van der Waals surface area contributed by atoms with E-state index in [4.69, 9.17) is 9.47 Å². The van der Waals surface area contributed by atoms with Crippen molar-refractivity contribution in [2.24, 2.45) is 0 Å². The molecule has 32 heavy (non-hydrogen) atoms. The van der Waals surface area contributed by atoms with Gasteiger partial charge in [-0.2, -0.15) is 9.69 Å². The Labute approximate surface area is 188 Å². The number of nitrogens with zero attached hydrogens (tertiary/aromatic N) is 2. The molecule has 9 heteroatoms. The van der Waals surface area contributed by atoms with Gasteiger partial charge in [0, 0.05) is 6.42 Å². The fraction of sp³-hybridized carbons (Fsp3) is 0.522. The van der Waals surface area contributed by atoms with Crippen LogP contribution < -0.4 is 5.32 Å². The predicted molar refractivity (Wildman–Crippen MR) is 118 cm³/mol. The van der Waals surface area contributed by atoms with Gasteiger partial charge in [0.15, 0.2) is 0 Å². The zero-order valence-electron chi connectivity index (χ0n) is 19.7. The number of carbonyl (C=O) groups is 4. The lowest BCUT2D eigenvalue weighted by Gasteiger charge is -2.24. The maximum atomic E-state index is 12.7. The molecule has 4 amide bonds. The number of imide groups is 1. The highest BCUT2D eigenvalue weighted by molar-refractivity contribution is 6.13. The highest BCUT2D eigenvalue weighted by Crippen LogP contribution is 2.24. The molecule has 1 aromatic rings. The van der Waals surface area contributed by atoms with Crippen LogP contribution in [0.3, 0.4) is 0 Å². The Hall–Kier alpha value is -3.23. The van der Waals surface area contributed by atoms with Crippen molar-refractivity contribution in [2.75, 3.05) is 20.7 Å². The fourth-order valence-electron chi connectivity index (χ4n) is 3.39. The van der Waals surface area contributed by atoms with Gasteiger partial charge in [0.1, 0.15) is 23.3 Å². The van der Waals surface area contributed by atoms with Gasteiger partial charge < -0.3 is 14.8 Å². The van der Waals surface area contributed by atoms with E-state index in [2.05, 4.69) is 5.32 Å². The zero-order chi connectivity index (χ0) is 24.2. The summed E-state index contributed by atoms with van der Waals surface area (Å²) in [6, 6.07) is 5.86. The molecule has 0 saturated heterocycles. The molecule has 1 aliphatic heterocycles. The van der Waals surface area contributed by atoms with Gasteiger partial charge in [0.25, 0.3) is 0 Å². The highest BCUT2D eigenvalue weighted by atomic mass is 16.6. The van der Waals surface area contributed by atoms with Gasteiger partial charge in [-0.25, -0.2) is 19.0 Å². The number of urea groups is 1. The van der Waals surface area contributed by atoms with Crippen LogP contribution in [0, 0.1) is 0 Å². The monoisotopic (exact) mass is 446 g/mol. The summed E-state index contributed by atoms with van der Waals surface area (Å²) in [4.78, 5) is 50.4. The Morgan fingerprint density at radius 2 is 1.78 bits per heavy atom. The number of hydrogen-bond donors (Lipinski definition) is 1. The molecule has 0 aromatic heterocycles. The summed E-state index contributed by atoms with van der Waals surface area (Å²) in [6.45, 7) is 8.83. The Morgan fingerprint density at radius 3 is 2.31 bits per heavy atom. The lowest BCUT2D eigenvalue weighted by atomic mass is 9.90. The average molecular weight is 447 g/mol. The quantitative estimate of drug-likeness (QED) is 0.532. The van der Waals surface area contributed by atoms with Crippen molar-refractivity contribution in [2.45, 2.75) is 58.6 Å². The maximum Gasteiger partial charge on any atom is 0.500 e. The maximum absolute atomic E-state index is 12.7. The summed E-state index contributed by atoms with van der Waals surface area (Å²) in [5.41, 5.74) is 1.44. The first-order chi connectivity index (χ1) is 14.9. The number of hydrogen-bond acceptors (Lipinski definition) is 6. The number of alkyl carbamates (subject to hydrolysis) is 1. The van der Waals surface area contributed by atoms with Crippen molar-refractivity contribution in [3.05, 3.63) is 35.4 Å². The largest absolute Gasteiger partial charge is 0.500 e. The smallest absolute Gasteiger partial charge is 0.464 e. The normalized spacial score (nSPS) is 17.8. The van der Waals surface area contributed by atoms with E-state index < -0.39 is 29.6 Å². The van der Waals surface area contributed by atoms with Gasteiger partial charge in [-0.3, -0.25) is 0 Å². The van der Waals surface area contributed by atoms with E-state index in [9.17, 15) is 19.2 Å². The molecule has 2 rings (SSSR count). The van der Waals surface area contributed by atoms with Crippen LogP contribution in [-0.4, -0.2) is 71.5 Å². The molecule has 1 aromatic carbocycles. The molecule has 0 saturated carbocycles. The van der Waals surface area contributed by atoms with E-state index in [0.717, 1.165) is 16.0 Å². The summed E-state index contributed by atoms with van der Waals surface area (Å²) in [7, 11) is 3.09. The number of likely N-dealkylation sites (N-methyl/N-ethyl adjacent to an activating group) is 1. The molecule has 0 bridgehead atoms. The van der Waals surface area contributed by atoms with E-state index in [0.29, 0.717) is 5.71 Å². The van der Waals surface area contributed by atoms with Gasteiger partial charge in [0.05, 0.1) is 20.7 Å². The van der Waals surface area contributed by atoms with Gasteiger partial charge in [-0.15, -0.1) is 0 Å². The van der Waals surface area contributed by atoms with E-state index in [1.807, 2.05) is 0 Å². The molecule has 0 radical (unpaired) electrons. The van der Waals surface area contributed by atoms with Crippen molar-refractivity contribution < 1.29 is 33.2 Å². The molecule has 0 fully saturated rings. The van der Waals surface area contributed by atoms with Crippen LogP contribution in [0.1, 0.15) is 51.7 Å². The van der Waals surface area contributed by atoms with Gasteiger partial charge in [-0.05, 0) is 45.7 Å². The number of carbonyl (C=O) groups excluding carboxylic acids is 4. The van der Waals surface area contributed by atoms with Crippen molar-refractivity contribution in [1.29, 1.82) is 0 Å². The van der Waals surface area contributed by atoms with E-state index in [1.54, 1.807) is 65.9 Å². The fourth-order valence-corrected chi connectivity index (χ4v) is 3.39. The Kier molecular flexibility index (Phi) is 7.77. The molecule has 0 spiro atoms. The first-order valence-corrected chi connectivity index (χ1v) is 10.5. The molecule has 0 aliphatic carbocycles. The van der Waals surface area contributed by atoms with Crippen LogP contribution >= 0.6 is 0 Å². The van der Waals surface area contributed by atoms with Gasteiger partial charge in [0.2, 0.25) is 0 Å². The third-order valence-electron chi connectivity index (χ3n) is 5.11. The average Bonchev–Trinajstić information content (AvgIpc) is 2.70. The number of ether oxygens (including phenoxy) is 2. The van der Waals surface area contributed by atoms with Crippen LogP contribution in [-0.2, 0) is 25.5 Å². The molecule has 1 unspecified atom stereocenters. The minimum absolute atomic E-state index is 0.183. The third kappa shape index (κ3) is 5.93. The van der Waals surface area contributed by atoms with Crippen molar-refractivity contribution in [3.63, 3.8) is 0 Å². The molecule has 1 aliphatic rings. The second kappa shape index (κ2) is 9.93. The number of esters is 1. The molecular weight excluding hydrogens is 414 g/mol. The predicted octanol–water partition coefficient (Wildman–Crippen LogP) is 2.46. The standard InChI is InChI=1S/C23H31N3O6/c1-8-31-20(28)17(24-21(29)32-23(3,4)5)13-15-9-11-16(12-10-15)18-14(2)25(6)22(30)26(7)19(18)27/h9-12,17-18H,8,13H2,1-7H3/p+1/t17-,18?/m0/s1. The third-order valence-corrected chi connectivity index (χ3v) is 5.11. The van der Waals surface area contributed by atoms with Crippen molar-refractivity contribution >= 4 is 29.7 Å². The summed E-state index contributed by atoms with van der Waals surface area (Å²) in [5.74, 6) is -1.43. The highest BCUT2D eigenvalue weighted by Gasteiger charge is 2.43. The van der Waals surface area contributed by atoms with Gasteiger partial charge >= 0.3 is 24.0 Å². The molecule has 1 N–H and O–H groups in total. The van der Waals surface area contributed by atoms with E-state index >= 15 is 0 Å². The zero-order valence-corrected chi connectivity index (χ0v) is 19.7. The van der Waals surface area contributed by atoms with Crippen LogP contribution in [0.25, 0.3) is 0 Å². The summed E-state index contributed by atoms with van der Waals surface area (Å²) in [6.07, 6.45) is -0.515. The second-order valence-electron chi connectivity index (χ2n) is 8.71. The topological polar surface area (TPSA) is 105 Å². The first kappa shape index (κ1) is 25.0. The Morgan fingerprint density at radius 1 is 1.19 bits per heavy atom. The lowest BCUT2D eigenvalue weighted by Crippen LogP contribution is -2.50. The SMILES string of the molecule is CCOC(=O)[C@H](Cc1ccc(C2C(=O)N(C)C(=O)[N+](C)=C2C)cc1)NC(=O)OC(C)(C)C. The Balaban J connectivity index is 2.22. The number of rotatable bonds is 6. The number of benzene rings is 1. The second-order valence-corrected chi connectivity index (χ2v) is 8.71. The minimum Gasteiger partial charge on any atom is -0.464 e. The van der Waals surface area contributed by atoms with E-state index in [-0.39, 0.29) is 25.0 Å². The summed E-state index contributed by atoms with van der Waals surface area (Å²) >= 11 is 0. The van der Waals surface area contributed by atoms with Crippen LogP contribution in [0.2, 0.25) is 0 Å². The van der Waals surface area contributed by atoms with E-state index in [1.165, 1.54) is 11.6 Å². The van der Waals surface area contributed by atoms with Gasteiger partial charge in [-0.1, -0.05) is 24.3 Å². The molecule has 9 nitrogen and oxygen atoms in total. The first-order valence-electron chi connectivity index (χ1n) is 10.5. The number of nitrogens with one attached hydrogen (secondary N) is 1. The molecule has 174 valence electrons. The van der Waals surface area contributed by atoms with Crippen LogP contribution in [0.5, 0.6) is 0 Å². The van der Waals surface area contributed by atoms with Crippen molar-refractivity contribution in [3.8, 4) is 0 Å². The lowest BCUT2D eigenvalue weighted by molar-refractivity contribution is -0.406. The summed E-state index contributed by atoms with van der Waals surface area (Å²) in [5, 5.41) is 2.57. The summed E-state index contributed by atoms with van der Waals surface area (Å²) < 4.78 is 11.8. The minimum atomic E-state index is -0.921. The molecular formula is C23H32N3O6+. The number of amides is 4. The Bertz CT molecular complexity index is 930. The van der Waals surface area contributed by atoms with Crippen molar-refractivity contribution in [1.82, 2.24) is 10.2 Å². The molecule has 1 heterocycles. The molecule has 2 atom stereocenters.